The van der Waals surface area contributed by atoms with Crippen molar-refractivity contribution in [3.63, 3.8) is 0 Å². The van der Waals surface area contributed by atoms with Gasteiger partial charge in [-0.3, -0.25) is 4.79 Å². The van der Waals surface area contributed by atoms with E-state index in [9.17, 15) is 14.3 Å². The highest BCUT2D eigenvalue weighted by Crippen LogP contribution is 2.30. The average molecular weight is 279 g/mol. The van der Waals surface area contributed by atoms with Gasteiger partial charge in [0.2, 0.25) is 0 Å². The summed E-state index contributed by atoms with van der Waals surface area (Å²) in [5, 5.41) is 11.6. The molecule has 1 heterocycles. The number of aliphatic carboxylic acids is 1. The zero-order chi connectivity index (χ0) is 14.2. The Hall–Kier alpha value is -1.75. The molecule has 0 bridgehead atoms. The molecule has 0 amide bonds. The van der Waals surface area contributed by atoms with Gasteiger partial charge in [0.25, 0.3) is 0 Å². The first-order valence-electron chi connectivity index (χ1n) is 5.78. The van der Waals surface area contributed by atoms with Crippen LogP contribution in [0.5, 0.6) is 0 Å². The van der Waals surface area contributed by atoms with Crippen LogP contribution in [0, 0.1) is 12.7 Å². The number of aryl methyl sites for hydroxylation is 1. The Bertz CT molecular complexity index is 634. The minimum atomic E-state index is -1.02. The van der Waals surface area contributed by atoms with E-state index in [-0.39, 0.29) is 5.82 Å². The second kappa shape index (κ2) is 4.74. The number of nitrogens with zero attached hydrogens (tertiary/aromatic N) is 1. The molecular weight excluding hydrogens is 265 g/mol. The van der Waals surface area contributed by atoms with E-state index in [1.807, 2.05) is 0 Å². The number of carboxylic acids is 1. The summed E-state index contributed by atoms with van der Waals surface area (Å²) in [7, 11) is 0. The highest BCUT2D eigenvalue weighted by Gasteiger charge is 2.32. The van der Waals surface area contributed by atoms with Crippen LogP contribution < -0.4 is 0 Å². The molecule has 0 aliphatic heterocycles. The summed E-state index contributed by atoms with van der Waals surface area (Å²) in [5.74, 6) is -1.17. The van der Waals surface area contributed by atoms with Gasteiger partial charge < -0.3 is 5.11 Å². The van der Waals surface area contributed by atoms with Crippen LogP contribution in [-0.4, -0.2) is 16.1 Å². The molecule has 3 nitrogen and oxygen atoms in total. The lowest BCUT2D eigenvalue weighted by Crippen LogP contribution is -2.28. The van der Waals surface area contributed by atoms with Crippen molar-refractivity contribution in [1.29, 1.82) is 0 Å². The van der Waals surface area contributed by atoms with Gasteiger partial charge in [-0.2, -0.15) is 0 Å². The predicted molar refractivity (Wildman–Crippen MR) is 72.9 cm³/mol. The first-order chi connectivity index (χ1) is 8.82. The number of benzene rings is 1. The van der Waals surface area contributed by atoms with E-state index in [2.05, 4.69) is 4.98 Å². The Labute approximate surface area is 114 Å². The number of thiazole rings is 1. The van der Waals surface area contributed by atoms with Crippen LogP contribution in [0.1, 0.15) is 25.1 Å². The van der Waals surface area contributed by atoms with E-state index in [4.69, 9.17) is 0 Å². The number of hydrogen-bond donors (Lipinski definition) is 1. The third-order valence-corrected chi connectivity index (χ3v) is 3.98. The molecule has 1 N–H and O–H groups in total. The quantitative estimate of drug-likeness (QED) is 0.933. The van der Waals surface area contributed by atoms with Gasteiger partial charge in [-0.1, -0.05) is 0 Å². The Kier molecular flexibility index (Phi) is 3.41. The summed E-state index contributed by atoms with van der Waals surface area (Å²) in [4.78, 5) is 15.5. The topological polar surface area (TPSA) is 50.2 Å². The van der Waals surface area contributed by atoms with Crippen LogP contribution in [-0.2, 0) is 10.2 Å². The maximum atomic E-state index is 13.2. The second-order valence-corrected chi connectivity index (χ2v) is 5.79. The SMILES string of the molecule is Cc1cc(-c2nc(C(C)(C)C(=O)O)cs2)ccc1F. The molecule has 0 aliphatic carbocycles. The third-order valence-electron chi connectivity index (χ3n) is 3.08. The van der Waals surface area contributed by atoms with E-state index < -0.39 is 11.4 Å². The molecule has 1 aromatic heterocycles. The van der Waals surface area contributed by atoms with Crippen LogP contribution in [0.4, 0.5) is 4.39 Å². The molecule has 0 aliphatic rings. The predicted octanol–water partition coefficient (Wildman–Crippen LogP) is 3.62. The highest BCUT2D eigenvalue weighted by molar-refractivity contribution is 7.13. The van der Waals surface area contributed by atoms with Crippen molar-refractivity contribution in [2.45, 2.75) is 26.2 Å². The molecule has 0 saturated carbocycles. The summed E-state index contributed by atoms with van der Waals surface area (Å²) in [5.41, 5.74) is 0.842. The molecule has 2 rings (SSSR count). The number of rotatable bonds is 3. The van der Waals surface area contributed by atoms with Gasteiger partial charge >= 0.3 is 5.97 Å². The molecule has 0 fully saturated rings. The van der Waals surface area contributed by atoms with Crippen LogP contribution in [0.15, 0.2) is 23.6 Å². The lowest BCUT2D eigenvalue weighted by atomic mass is 9.90. The molecular formula is C14H14FNO2S. The van der Waals surface area contributed by atoms with Crippen molar-refractivity contribution in [1.82, 2.24) is 4.98 Å². The van der Waals surface area contributed by atoms with Crippen LogP contribution in [0.25, 0.3) is 10.6 Å². The van der Waals surface area contributed by atoms with Gasteiger partial charge in [-0.05, 0) is 44.5 Å². The maximum Gasteiger partial charge on any atom is 0.315 e. The fourth-order valence-corrected chi connectivity index (χ4v) is 2.57. The fourth-order valence-electron chi connectivity index (χ4n) is 1.58. The van der Waals surface area contributed by atoms with E-state index >= 15 is 0 Å². The van der Waals surface area contributed by atoms with Gasteiger partial charge in [0, 0.05) is 10.9 Å². The fraction of sp³-hybridized carbons (Fsp3) is 0.286. The number of carboxylic acid groups (broad SMARTS) is 1. The van der Waals surface area contributed by atoms with Crippen molar-refractivity contribution in [3.05, 3.63) is 40.7 Å². The van der Waals surface area contributed by atoms with Crippen molar-refractivity contribution in [2.24, 2.45) is 0 Å². The molecule has 0 atom stereocenters. The van der Waals surface area contributed by atoms with E-state index in [0.717, 1.165) is 5.56 Å². The first kappa shape index (κ1) is 13.7. The Morgan fingerprint density at radius 2 is 2.11 bits per heavy atom. The van der Waals surface area contributed by atoms with Crippen molar-refractivity contribution in [2.75, 3.05) is 0 Å². The van der Waals surface area contributed by atoms with Crippen molar-refractivity contribution < 1.29 is 14.3 Å². The summed E-state index contributed by atoms with van der Waals surface area (Å²) in [6, 6.07) is 4.76. The molecule has 100 valence electrons. The van der Waals surface area contributed by atoms with Gasteiger partial charge in [-0.15, -0.1) is 11.3 Å². The van der Waals surface area contributed by atoms with E-state index in [1.54, 1.807) is 38.3 Å². The molecule has 0 saturated heterocycles. The maximum absolute atomic E-state index is 13.2. The molecule has 1 aromatic carbocycles. The molecule has 0 radical (unpaired) electrons. The average Bonchev–Trinajstić information content (AvgIpc) is 2.82. The molecule has 19 heavy (non-hydrogen) atoms. The molecule has 0 unspecified atom stereocenters. The summed E-state index contributed by atoms with van der Waals surface area (Å²) < 4.78 is 13.2. The number of halogens is 1. The van der Waals surface area contributed by atoms with Crippen molar-refractivity contribution in [3.8, 4) is 10.6 Å². The third kappa shape index (κ3) is 2.51. The van der Waals surface area contributed by atoms with Crippen LogP contribution in [0.2, 0.25) is 0 Å². The van der Waals surface area contributed by atoms with Crippen LogP contribution in [0.3, 0.4) is 0 Å². The normalized spacial score (nSPS) is 11.6. The molecule has 5 heteroatoms. The summed E-state index contributed by atoms with van der Waals surface area (Å²) >= 11 is 1.36. The van der Waals surface area contributed by atoms with E-state index in [0.29, 0.717) is 16.3 Å². The summed E-state index contributed by atoms with van der Waals surface area (Å²) in [6.07, 6.45) is 0. The smallest absolute Gasteiger partial charge is 0.315 e. The second-order valence-electron chi connectivity index (χ2n) is 4.93. The summed E-state index contributed by atoms with van der Waals surface area (Å²) in [6.45, 7) is 4.92. The number of hydrogen-bond acceptors (Lipinski definition) is 3. The number of aromatic nitrogens is 1. The number of carbonyl (C=O) groups is 1. The largest absolute Gasteiger partial charge is 0.481 e. The zero-order valence-electron chi connectivity index (χ0n) is 10.9. The Morgan fingerprint density at radius 3 is 2.68 bits per heavy atom. The van der Waals surface area contributed by atoms with E-state index in [1.165, 1.54) is 17.4 Å². The highest BCUT2D eigenvalue weighted by atomic mass is 32.1. The van der Waals surface area contributed by atoms with Crippen molar-refractivity contribution >= 4 is 17.3 Å². The van der Waals surface area contributed by atoms with Crippen LogP contribution >= 0.6 is 11.3 Å². The zero-order valence-corrected chi connectivity index (χ0v) is 11.7. The monoisotopic (exact) mass is 279 g/mol. The Balaban J connectivity index is 2.41. The minimum Gasteiger partial charge on any atom is -0.481 e. The molecule has 2 aromatic rings. The van der Waals surface area contributed by atoms with Gasteiger partial charge in [0.05, 0.1) is 5.69 Å². The molecule has 0 spiro atoms. The van der Waals surface area contributed by atoms with Gasteiger partial charge in [0.1, 0.15) is 16.2 Å². The lowest BCUT2D eigenvalue weighted by Gasteiger charge is -2.15. The standard InChI is InChI=1S/C14H14FNO2S/c1-8-6-9(4-5-10(8)15)12-16-11(7-19-12)14(2,3)13(17)18/h4-7H,1-3H3,(H,17,18). The van der Waals surface area contributed by atoms with Gasteiger partial charge in [0.15, 0.2) is 0 Å². The minimum absolute atomic E-state index is 0.258. The Morgan fingerprint density at radius 1 is 1.42 bits per heavy atom. The van der Waals surface area contributed by atoms with Gasteiger partial charge in [-0.25, -0.2) is 9.37 Å². The first-order valence-corrected chi connectivity index (χ1v) is 6.66. The lowest BCUT2D eigenvalue weighted by molar-refractivity contribution is -0.142.